The lowest BCUT2D eigenvalue weighted by Gasteiger charge is -2.10. The summed E-state index contributed by atoms with van der Waals surface area (Å²) in [6.45, 7) is 0. The van der Waals surface area contributed by atoms with Crippen LogP contribution in [0.25, 0.3) is 0 Å². The van der Waals surface area contributed by atoms with E-state index in [1.807, 2.05) is 0 Å². The van der Waals surface area contributed by atoms with Gasteiger partial charge in [-0.3, -0.25) is 9.59 Å². The maximum Gasteiger partial charge on any atom is 0.435 e. The second kappa shape index (κ2) is 10.1. The molecular formula is C12H20N6O10P2. The normalized spacial score (nSPS) is 13.8. The molecule has 18 heteroatoms. The smallest absolute Gasteiger partial charge is 0.435 e. The highest BCUT2D eigenvalue weighted by molar-refractivity contribution is 7.50. The fourth-order valence-electron chi connectivity index (χ4n) is 1.92. The third-order valence-electron chi connectivity index (χ3n) is 3.39. The highest BCUT2D eigenvalue weighted by Crippen LogP contribution is 2.38. The zero-order chi connectivity index (χ0) is 23.3. The minimum Gasteiger partial charge on any atom is -0.480 e. The Balaban J connectivity index is 0.000000300. The molecule has 0 saturated carbocycles. The summed E-state index contributed by atoms with van der Waals surface area (Å²) in [6, 6.07) is -2.35. The minimum atomic E-state index is -4.49. The van der Waals surface area contributed by atoms with Crippen molar-refractivity contribution < 1.29 is 48.5 Å². The summed E-state index contributed by atoms with van der Waals surface area (Å²) in [5, 5.41) is 17.0. The van der Waals surface area contributed by atoms with Gasteiger partial charge in [0.05, 0.1) is 11.4 Å². The van der Waals surface area contributed by atoms with Crippen molar-refractivity contribution in [1.82, 2.24) is 18.6 Å². The molecule has 0 aromatic carbocycles. The number of hydrogen-bond acceptors (Lipinski definition) is 8. The number of aromatic nitrogens is 4. The zero-order valence-electron chi connectivity index (χ0n) is 15.0. The van der Waals surface area contributed by atoms with Gasteiger partial charge in [0.25, 0.3) is 0 Å². The Bertz CT molecular complexity index is 978. The molecule has 0 bridgehead atoms. The summed E-state index contributed by atoms with van der Waals surface area (Å²) in [6.07, 6.45) is 3.84. The van der Waals surface area contributed by atoms with Gasteiger partial charge in [-0.2, -0.15) is 0 Å². The summed E-state index contributed by atoms with van der Waals surface area (Å²) in [5.41, 5.74) is 10.7. The van der Waals surface area contributed by atoms with Crippen molar-refractivity contribution in [3.05, 3.63) is 36.4 Å². The summed E-state index contributed by atoms with van der Waals surface area (Å²) >= 11 is 0. The van der Waals surface area contributed by atoms with Crippen LogP contribution in [0.3, 0.4) is 0 Å². The Morgan fingerprint density at radius 3 is 1.93 bits per heavy atom. The summed E-state index contributed by atoms with van der Waals surface area (Å²) in [4.78, 5) is 63.2. The van der Waals surface area contributed by atoms with Gasteiger partial charge in [-0.1, -0.05) is 0 Å². The maximum atomic E-state index is 10.9. The highest BCUT2D eigenvalue weighted by Gasteiger charge is 2.23. The van der Waals surface area contributed by atoms with E-state index in [4.69, 9.17) is 41.3 Å². The van der Waals surface area contributed by atoms with Crippen molar-refractivity contribution in [3.63, 3.8) is 0 Å². The van der Waals surface area contributed by atoms with Gasteiger partial charge < -0.3 is 41.3 Å². The van der Waals surface area contributed by atoms with Crippen LogP contribution >= 0.6 is 15.5 Å². The van der Waals surface area contributed by atoms with E-state index in [-0.39, 0.29) is 24.2 Å². The van der Waals surface area contributed by atoms with Gasteiger partial charge in [-0.05, 0) is 0 Å². The quantitative estimate of drug-likeness (QED) is 0.186. The SMILES string of the molecule is N[C@@H](Cc1cn(P(=O)(O)O)cn1)C(=O)O.N[C@@H](Cc1cncn1P(=O)(O)O)C(=O)O. The van der Waals surface area contributed by atoms with E-state index in [0.29, 0.717) is 8.68 Å². The molecule has 2 rings (SSSR count). The molecule has 2 aromatic rings. The van der Waals surface area contributed by atoms with Crippen molar-refractivity contribution in [2.75, 3.05) is 0 Å². The van der Waals surface area contributed by atoms with Gasteiger partial charge in [-0.15, -0.1) is 0 Å². The number of imidazole rings is 2. The molecule has 2 heterocycles. The van der Waals surface area contributed by atoms with Crippen molar-refractivity contribution in [2.24, 2.45) is 11.5 Å². The Labute approximate surface area is 168 Å². The van der Waals surface area contributed by atoms with Crippen LogP contribution in [0, 0.1) is 0 Å². The van der Waals surface area contributed by atoms with E-state index in [2.05, 4.69) is 9.97 Å². The molecule has 0 aliphatic carbocycles. The Kier molecular flexibility index (Phi) is 8.59. The molecule has 0 aliphatic rings. The van der Waals surface area contributed by atoms with Gasteiger partial charge in [-0.25, -0.2) is 27.8 Å². The molecule has 0 spiro atoms. The van der Waals surface area contributed by atoms with Crippen LogP contribution in [0.2, 0.25) is 0 Å². The second-order valence-electron chi connectivity index (χ2n) is 5.80. The molecule has 16 nitrogen and oxygen atoms in total. The molecule has 0 radical (unpaired) electrons. The molecule has 0 saturated heterocycles. The first kappa shape index (κ1) is 25.6. The zero-order valence-corrected chi connectivity index (χ0v) is 16.8. The summed E-state index contributed by atoms with van der Waals surface area (Å²) in [5.74, 6) is -2.44. The highest BCUT2D eigenvalue weighted by atomic mass is 31.2. The van der Waals surface area contributed by atoms with Gasteiger partial charge >= 0.3 is 27.4 Å². The van der Waals surface area contributed by atoms with Crippen LogP contribution in [-0.2, 0) is 31.6 Å². The number of carboxylic acid groups (broad SMARTS) is 2. The van der Waals surface area contributed by atoms with Gasteiger partial charge in [0.2, 0.25) is 0 Å². The monoisotopic (exact) mass is 470 g/mol. The standard InChI is InChI=1S/2C6H10N3O5P/c7-5(6(10)11)1-4-2-9(3-8-4)15(12,13)14;7-5(6(10)11)1-4-2-8-3-9(4)15(12,13)14/h2*2-3,5H,1,7H2,(H,10,11)(H2,12,13,14)/t2*5-/m00/s1. The third kappa shape index (κ3) is 7.78. The average Bonchev–Trinajstić information content (AvgIpc) is 3.23. The van der Waals surface area contributed by atoms with Crippen molar-refractivity contribution >= 4 is 27.4 Å². The fraction of sp³-hybridized carbons (Fsp3) is 0.333. The Morgan fingerprint density at radius 1 is 0.967 bits per heavy atom. The van der Waals surface area contributed by atoms with Crippen LogP contribution in [0.4, 0.5) is 0 Å². The van der Waals surface area contributed by atoms with E-state index in [1.165, 1.54) is 6.20 Å². The Hall–Kier alpha value is -2.42. The number of nitrogens with two attached hydrogens (primary N) is 2. The number of hydrogen-bond donors (Lipinski definition) is 8. The first-order valence-corrected chi connectivity index (χ1v) is 10.9. The van der Waals surface area contributed by atoms with Crippen LogP contribution in [-0.4, -0.2) is 72.5 Å². The second-order valence-corrected chi connectivity index (χ2v) is 8.74. The largest absolute Gasteiger partial charge is 0.480 e. The van der Waals surface area contributed by atoms with Crippen molar-refractivity contribution in [1.29, 1.82) is 0 Å². The van der Waals surface area contributed by atoms with E-state index < -0.39 is 39.5 Å². The number of carboxylic acids is 2. The van der Waals surface area contributed by atoms with Crippen molar-refractivity contribution in [3.8, 4) is 0 Å². The van der Waals surface area contributed by atoms with Crippen molar-refractivity contribution in [2.45, 2.75) is 24.9 Å². The first-order chi connectivity index (χ1) is 13.6. The molecule has 168 valence electrons. The number of rotatable bonds is 8. The molecule has 0 unspecified atom stereocenters. The predicted molar refractivity (Wildman–Crippen MR) is 98.0 cm³/mol. The number of aliphatic carboxylic acids is 2. The minimum absolute atomic E-state index is 0.0810. The maximum absolute atomic E-state index is 10.9. The Morgan fingerprint density at radius 2 is 1.50 bits per heavy atom. The topological polar surface area (TPSA) is 277 Å². The molecule has 30 heavy (non-hydrogen) atoms. The molecule has 10 N–H and O–H groups in total. The molecule has 0 fully saturated rings. The number of carbonyl (C=O) groups is 2. The number of nitrogens with zero attached hydrogens (tertiary/aromatic N) is 4. The average molecular weight is 470 g/mol. The molecule has 2 atom stereocenters. The lowest BCUT2D eigenvalue weighted by atomic mass is 10.2. The lowest BCUT2D eigenvalue weighted by molar-refractivity contribution is -0.139. The van der Waals surface area contributed by atoms with Gasteiger partial charge in [0.15, 0.2) is 0 Å². The van der Waals surface area contributed by atoms with E-state index in [9.17, 15) is 18.7 Å². The van der Waals surface area contributed by atoms with Gasteiger partial charge in [0.1, 0.15) is 24.7 Å². The summed E-state index contributed by atoms with van der Waals surface area (Å²) < 4.78 is 22.8. The van der Waals surface area contributed by atoms with E-state index in [0.717, 1.165) is 18.9 Å². The molecule has 2 aromatic heterocycles. The third-order valence-corrected chi connectivity index (χ3v) is 5.13. The van der Waals surface area contributed by atoms with E-state index >= 15 is 0 Å². The predicted octanol–water partition coefficient (Wildman–Crippen LogP) is -2.44. The molecule has 0 aliphatic heterocycles. The van der Waals surface area contributed by atoms with Crippen LogP contribution < -0.4 is 11.5 Å². The fourth-order valence-corrected chi connectivity index (χ4v) is 3.05. The first-order valence-electron chi connectivity index (χ1n) is 7.76. The van der Waals surface area contributed by atoms with Crippen LogP contribution in [0.1, 0.15) is 11.4 Å². The van der Waals surface area contributed by atoms with E-state index in [1.54, 1.807) is 0 Å². The molecule has 0 amide bonds. The van der Waals surface area contributed by atoms with Gasteiger partial charge in [0, 0.05) is 25.2 Å². The molecular weight excluding hydrogens is 450 g/mol. The van der Waals surface area contributed by atoms with Crippen LogP contribution in [0.5, 0.6) is 0 Å². The van der Waals surface area contributed by atoms with Crippen LogP contribution in [0.15, 0.2) is 25.0 Å². The summed E-state index contributed by atoms with van der Waals surface area (Å²) in [7, 11) is -8.89. The lowest BCUT2D eigenvalue weighted by Crippen LogP contribution is -2.32.